The molecule has 1 aliphatic carbocycles. The fraction of sp³-hybridized carbons (Fsp3) is 0.455. The molecule has 0 atom stereocenters. The van der Waals surface area contributed by atoms with E-state index in [4.69, 9.17) is 14.6 Å². The van der Waals surface area contributed by atoms with Crippen LogP contribution in [0.4, 0.5) is 0 Å². The first-order valence-electron chi connectivity index (χ1n) is 5.11. The van der Waals surface area contributed by atoms with Crippen LogP contribution in [0.1, 0.15) is 23.3 Å². The van der Waals surface area contributed by atoms with Crippen molar-refractivity contribution in [2.45, 2.75) is 12.8 Å². The van der Waals surface area contributed by atoms with Crippen LogP contribution in [0.3, 0.4) is 0 Å². The van der Waals surface area contributed by atoms with E-state index in [1.165, 1.54) is 32.2 Å². The topological polar surface area (TPSA) is 68.7 Å². The summed E-state index contributed by atoms with van der Waals surface area (Å²) >= 11 is 0. The molecular formula is C11H13NO4. The minimum absolute atomic E-state index is 0.0457. The number of ether oxygens (including phenoxy) is 2. The maximum absolute atomic E-state index is 10.7. The van der Waals surface area contributed by atoms with E-state index in [0.717, 1.165) is 0 Å². The largest absolute Gasteiger partial charge is 0.493 e. The van der Waals surface area contributed by atoms with E-state index >= 15 is 0 Å². The Morgan fingerprint density at radius 3 is 2.88 bits per heavy atom. The Hall–Kier alpha value is -1.78. The third-order valence-corrected chi connectivity index (χ3v) is 2.44. The third kappa shape index (κ3) is 2.42. The van der Waals surface area contributed by atoms with Crippen molar-refractivity contribution < 1.29 is 19.4 Å². The van der Waals surface area contributed by atoms with Gasteiger partial charge in [0.25, 0.3) is 0 Å². The average molecular weight is 223 g/mol. The summed E-state index contributed by atoms with van der Waals surface area (Å²) in [6, 6.07) is 1.37. The summed E-state index contributed by atoms with van der Waals surface area (Å²) in [5, 5.41) is 8.76. The van der Waals surface area contributed by atoms with Gasteiger partial charge >= 0.3 is 5.97 Å². The Labute approximate surface area is 93.0 Å². The molecule has 0 amide bonds. The maximum Gasteiger partial charge on any atom is 0.354 e. The summed E-state index contributed by atoms with van der Waals surface area (Å²) in [7, 11) is 1.48. The molecule has 0 saturated heterocycles. The molecule has 0 bridgehead atoms. The zero-order valence-electron chi connectivity index (χ0n) is 8.97. The molecule has 1 aliphatic rings. The number of carboxylic acid groups (broad SMARTS) is 1. The SMILES string of the molecule is COc1cc(C(=O)O)ncc1OCC1CC1. The van der Waals surface area contributed by atoms with E-state index < -0.39 is 5.97 Å². The Morgan fingerprint density at radius 1 is 1.56 bits per heavy atom. The second-order valence-corrected chi connectivity index (χ2v) is 3.78. The highest BCUT2D eigenvalue weighted by Crippen LogP contribution is 2.32. The number of aromatic nitrogens is 1. The second-order valence-electron chi connectivity index (χ2n) is 3.78. The van der Waals surface area contributed by atoms with Crippen LogP contribution in [-0.4, -0.2) is 29.8 Å². The number of methoxy groups -OCH3 is 1. The second kappa shape index (κ2) is 4.38. The van der Waals surface area contributed by atoms with Gasteiger partial charge in [0, 0.05) is 6.07 Å². The van der Waals surface area contributed by atoms with Crippen molar-refractivity contribution in [3.63, 3.8) is 0 Å². The summed E-state index contributed by atoms with van der Waals surface area (Å²) in [6.07, 6.45) is 3.79. The predicted molar refractivity (Wildman–Crippen MR) is 56.0 cm³/mol. The molecule has 0 radical (unpaired) electrons. The summed E-state index contributed by atoms with van der Waals surface area (Å²) in [5.74, 6) is 0.461. The molecule has 5 heteroatoms. The quantitative estimate of drug-likeness (QED) is 0.820. The Morgan fingerprint density at radius 2 is 2.31 bits per heavy atom. The molecule has 1 aromatic heterocycles. The summed E-state index contributed by atoms with van der Waals surface area (Å²) in [5.41, 5.74) is -0.0457. The fourth-order valence-electron chi connectivity index (χ4n) is 1.30. The Kier molecular flexibility index (Phi) is 2.94. The van der Waals surface area contributed by atoms with Crippen molar-refractivity contribution in [1.82, 2.24) is 4.98 Å². The van der Waals surface area contributed by atoms with Crippen LogP contribution >= 0.6 is 0 Å². The Bertz CT molecular complexity index is 401. The molecule has 0 aliphatic heterocycles. The first kappa shape index (κ1) is 10.7. The molecule has 1 aromatic rings. The minimum Gasteiger partial charge on any atom is -0.493 e. The van der Waals surface area contributed by atoms with E-state index in [2.05, 4.69) is 4.98 Å². The van der Waals surface area contributed by atoms with Gasteiger partial charge in [0.15, 0.2) is 17.2 Å². The molecule has 1 fully saturated rings. The van der Waals surface area contributed by atoms with Crippen molar-refractivity contribution in [2.24, 2.45) is 5.92 Å². The first-order chi connectivity index (χ1) is 7.70. The zero-order chi connectivity index (χ0) is 11.5. The van der Waals surface area contributed by atoms with Gasteiger partial charge in [0.2, 0.25) is 0 Å². The lowest BCUT2D eigenvalue weighted by Crippen LogP contribution is -2.05. The summed E-state index contributed by atoms with van der Waals surface area (Å²) in [6.45, 7) is 0.643. The average Bonchev–Trinajstić information content (AvgIpc) is 3.09. The van der Waals surface area contributed by atoms with E-state index in [1.807, 2.05) is 0 Å². The van der Waals surface area contributed by atoms with Gasteiger partial charge in [-0.05, 0) is 18.8 Å². The van der Waals surface area contributed by atoms with Crippen LogP contribution in [0.5, 0.6) is 11.5 Å². The van der Waals surface area contributed by atoms with Gasteiger partial charge in [0.05, 0.1) is 19.9 Å². The number of carboxylic acids is 1. The molecule has 2 rings (SSSR count). The summed E-state index contributed by atoms with van der Waals surface area (Å²) < 4.78 is 10.6. The molecule has 1 N–H and O–H groups in total. The lowest BCUT2D eigenvalue weighted by atomic mass is 10.3. The van der Waals surface area contributed by atoms with Gasteiger partial charge in [-0.15, -0.1) is 0 Å². The van der Waals surface area contributed by atoms with Gasteiger partial charge in [-0.2, -0.15) is 0 Å². The van der Waals surface area contributed by atoms with Crippen molar-refractivity contribution in [1.29, 1.82) is 0 Å². The lowest BCUT2D eigenvalue weighted by molar-refractivity contribution is 0.0690. The third-order valence-electron chi connectivity index (χ3n) is 2.44. The van der Waals surface area contributed by atoms with E-state index in [9.17, 15) is 4.79 Å². The van der Waals surface area contributed by atoms with E-state index in [1.54, 1.807) is 0 Å². The molecule has 5 nitrogen and oxygen atoms in total. The molecule has 16 heavy (non-hydrogen) atoms. The zero-order valence-corrected chi connectivity index (χ0v) is 8.97. The van der Waals surface area contributed by atoms with Crippen molar-refractivity contribution in [2.75, 3.05) is 13.7 Å². The van der Waals surface area contributed by atoms with Crippen molar-refractivity contribution >= 4 is 5.97 Å². The highest BCUT2D eigenvalue weighted by Gasteiger charge is 2.22. The standard InChI is InChI=1S/C11H13NO4/c1-15-9-4-8(11(13)14)12-5-10(9)16-6-7-2-3-7/h4-5,7H,2-3,6H2,1H3,(H,13,14). The van der Waals surface area contributed by atoms with E-state index in [-0.39, 0.29) is 5.69 Å². The van der Waals surface area contributed by atoms with Crippen LogP contribution in [0.2, 0.25) is 0 Å². The molecular weight excluding hydrogens is 210 g/mol. The summed E-state index contributed by atoms with van der Waals surface area (Å²) in [4.78, 5) is 14.5. The normalized spacial score (nSPS) is 14.6. The highest BCUT2D eigenvalue weighted by molar-refractivity contribution is 5.86. The number of hydrogen-bond acceptors (Lipinski definition) is 4. The molecule has 0 spiro atoms. The van der Waals surface area contributed by atoms with Crippen LogP contribution in [-0.2, 0) is 0 Å². The molecule has 1 heterocycles. The van der Waals surface area contributed by atoms with Crippen molar-refractivity contribution in [3.8, 4) is 11.5 Å². The fourth-order valence-corrected chi connectivity index (χ4v) is 1.30. The molecule has 0 aromatic carbocycles. The number of carbonyl (C=O) groups is 1. The Balaban J connectivity index is 2.12. The minimum atomic E-state index is -1.08. The predicted octanol–water partition coefficient (Wildman–Crippen LogP) is 1.58. The van der Waals surface area contributed by atoms with Crippen molar-refractivity contribution in [3.05, 3.63) is 18.0 Å². The van der Waals surface area contributed by atoms with Gasteiger partial charge < -0.3 is 14.6 Å². The number of aromatic carboxylic acids is 1. The molecule has 1 saturated carbocycles. The smallest absolute Gasteiger partial charge is 0.354 e. The highest BCUT2D eigenvalue weighted by atomic mass is 16.5. The number of nitrogens with zero attached hydrogens (tertiary/aromatic N) is 1. The van der Waals surface area contributed by atoms with Crippen LogP contribution in [0.25, 0.3) is 0 Å². The van der Waals surface area contributed by atoms with E-state index in [0.29, 0.717) is 24.0 Å². The maximum atomic E-state index is 10.7. The number of hydrogen-bond donors (Lipinski definition) is 1. The van der Waals surface area contributed by atoms with Crippen LogP contribution in [0, 0.1) is 5.92 Å². The van der Waals surface area contributed by atoms with Gasteiger partial charge in [-0.3, -0.25) is 0 Å². The monoisotopic (exact) mass is 223 g/mol. The first-order valence-corrected chi connectivity index (χ1v) is 5.11. The van der Waals surface area contributed by atoms with Gasteiger partial charge in [-0.1, -0.05) is 0 Å². The molecule has 0 unspecified atom stereocenters. The number of rotatable bonds is 5. The van der Waals surface area contributed by atoms with Crippen LogP contribution < -0.4 is 9.47 Å². The van der Waals surface area contributed by atoms with Crippen LogP contribution in [0.15, 0.2) is 12.3 Å². The van der Waals surface area contributed by atoms with Gasteiger partial charge in [0.1, 0.15) is 0 Å². The number of pyridine rings is 1. The lowest BCUT2D eigenvalue weighted by Gasteiger charge is -2.09. The van der Waals surface area contributed by atoms with Gasteiger partial charge in [-0.25, -0.2) is 9.78 Å². The molecule has 86 valence electrons.